The Morgan fingerprint density at radius 2 is 1.00 bits per heavy atom. The molecular weight excluding hydrogens is 671 g/mol. The lowest BCUT2D eigenvalue weighted by atomic mass is 10.0. The van der Waals surface area contributed by atoms with Crippen molar-refractivity contribution in [3.05, 3.63) is 36.5 Å². The molecule has 0 rings (SSSR count). The smallest absolute Gasteiger partial charge is 0.306 e. The number of esters is 1. The van der Waals surface area contributed by atoms with Gasteiger partial charge in [-0.1, -0.05) is 211 Å². The van der Waals surface area contributed by atoms with Crippen molar-refractivity contribution in [2.45, 2.75) is 251 Å². The summed E-state index contributed by atoms with van der Waals surface area (Å²) < 4.78 is 5.89. The van der Waals surface area contributed by atoms with E-state index in [2.05, 4.69) is 50.4 Å². The summed E-state index contributed by atoms with van der Waals surface area (Å²) in [6.45, 7) is 6.31. The monoisotopic (exact) mass is 760 g/mol. The topological polar surface area (TPSA) is 95.9 Å². The maximum atomic E-state index is 13.1. The Labute approximate surface area is 334 Å². The second kappa shape index (κ2) is 42.2. The highest BCUT2D eigenvalue weighted by Gasteiger charge is 2.24. The lowest BCUT2D eigenvalue weighted by Gasteiger charge is -2.24. The zero-order valence-corrected chi connectivity index (χ0v) is 35.9. The third-order valence-corrected chi connectivity index (χ3v) is 10.5. The van der Waals surface area contributed by atoms with Crippen LogP contribution in [0.15, 0.2) is 36.5 Å². The van der Waals surface area contributed by atoms with Crippen molar-refractivity contribution in [3.8, 4) is 0 Å². The van der Waals surface area contributed by atoms with Gasteiger partial charge in [-0.25, -0.2) is 0 Å². The number of hydrogen-bond donors (Lipinski definition) is 3. The molecule has 0 aliphatic heterocycles. The minimum atomic E-state index is -0.792. The van der Waals surface area contributed by atoms with E-state index < -0.39 is 18.2 Å². The molecule has 1 amide bonds. The normalized spacial score (nSPS) is 13.6. The Morgan fingerprint density at radius 3 is 1.50 bits per heavy atom. The molecule has 316 valence electrons. The number of allylic oxidation sites excluding steroid dienone is 6. The van der Waals surface area contributed by atoms with Crippen molar-refractivity contribution in [2.24, 2.45) is 0 Å². The van der Waals surface area contributed by atoms with Crippen molar-refractivity contribution in [2.75, 3.05) is 6.61 Å². The number of carbonyl (C=O) groups is 2. The molecule has 0 fully saturated rings. The third-order valence-electron chi connectivity index (χ3n) is 10.5. The zero-order valence-electron chi connectivity index (χ0n) is 35.9. The average Bonchev–Trinajstić information content (AvgIpc) is 3.16. The number of amides is 1. The van der Waals surface area contributed by atoms with Crippen molar-refractivity contribution in [3.63, 3.8) is 0 Å². The van der Waals surface area contributed by atoms with Gasteiger partial charge in [-0.05, 0) is 44.9 Å². The zero-order chi connectivity index (χ0) is 39.6. The molecule has 3 unspecified atom stereocenters. The molecule has 3 N–H and O–H groups in total. The Bertz CT molecular complexity index is 900. The highest BCUT2D eigenvalue weighted by atomic mass is 16.5. The van der Waals surface area contributed by atoms with Crippen LogP contribution in [-0.2, 0) is 14.3 Å². The molecule has 0 spiro atoms. The van der Waals surface area contributed by atoms with Gasteiger partial charge < -0.3 is 20.3 Å². The molecule has 0 heterocycles. The first-order valence-electron chi connectivity index (χ1n) is 23.2. The highest BCUT2D eigenvalue weighted by Crippen LogP contribution is 2.17. The molecule has 6 nitrogen and oxygen atoms in total. The van der Waals surface area contributed by atoms with E-state index in [1.807, 2.05) is 12.2 Å². The van der Waals surface area contributed by atoms with Gasteiger partial charge in [-0.3, -0.25) is 9.59 Å². The van der Waals surface area contributed by atoms with E-state index in [1.54, 1.807) is 0 Å². The fourth-order valence-corrected chi connectivity index (χ4v) is 7.02. The maximum absolute atomic E-state index is 13.1. The van der Waals surface area contributed by atoms with Crippen LogP contribution in [0.25, 0.3) is 0 Å². The van der Waals surface area contributed by atoms with Gasteiger partial charge in [0, 0.05) is 6.42 Å². The molecule has 0 aliphatic rings. The summed E-state index contributed by atoms with van der Waals surface area (Å²) in [5, 5.41) is 23.6. The van der Waals surface area contributed by atoms with Gasteiger partial charge in [0.15, 0.2) is 0 Å². The van der Waals surface area contributed by atoms with Crippen molar-refractivity contribution < 1.29 is 24.5 Å². The quantitative estimate of drug-likeness (QED) is 0.0328. The minimum Gasteiger partial charge on any atom is -0.462 e. The molecule has 0 saturated heterocycles. The number of nitrogens with one attached hydrogen (secondary N) is 1. The van der Waals surface area contributed by atoms with Crippen LogP contribution in [0.3, 0.4) is 0 Å². The number of ether oxygens (including phenoxy) is 1. The molecule has 0 aliphatic carbocycles. The first kappa shape index (κ1) is 52.1. The predicted molar refractivity (Wildman–Crippen MR) is 232 cm³/mol. The van der Waals surface area contributed by atoms with Crippen LogP contribution >= 0.6 is 0 Å². The SMILES string of the molecule is CC/C=C/C=C/C=C\CCCCCC(CC(=O)NC(CO)C(O)CCCCCCCCCCC)OC(=O)CCCCCCCCCCCCCCCCC. The Hall–Kier alpha value is -1.92. The number of hydrogen-bond acceptors (Lipinski definition) is 5. The van der Waals surface area contributed by atoms with E-state index in [1.165, 1.54) is 116 Å². The second-order valence-electron chi connectivity index (χ2n) is 15.8. The minimum absolute atomic E-state index is 0.0574. The largest absolute Gasteiger partial charge is 0.462 e. The number of aliphatic hydroxyl groups excluding tert-OH is 2. The van der Waals surface area contributed by atoms with Crippen molar-refractivity contribution in [1.82, 2.24) is 5.32 Å². The molecule has 0 aromatic heterocycles. The fourth-order valence-electron chi connectivity index (χ4n) is 7.02. The first-order chi connectivity index (χ1) is 26.5. The molecule has 54 heavy (non-hydrogen) atoms. The predicted octanol–water partition coefficient (Wildman–Crippen LogP) is 13.3. The van der Waals surface area contributed by atoms with E-state index in [0.717, 1.165) is 70.6 Å². The fraction of sp³-hybridized carbons (Fsp3) is 0.833. The van der Waals surface area contributed by atoms with Gasteiger partial charge in [0.05, 0.1) is 25.2 Å². The summed E-state index contributed by atoms with van der Waals surface area (Å²) in [6.07, 6.45) is 47.8. The van der Waals surface area contributed by atoms with Gasteiger partial charge in [0.25, 0.3) is 0 Å². The van der Waals surface area contributed by atoms with Crippen LogP contribution in [0.2, 0.25) is 0 Å². The van der Waals surface area contributed by atoms with Crippen molar-refractivity contribution >= 4 is 11.9 Å². The highest BCUT2D eigenvalue weighted by molar-refractivity contribution is 5.77. The van der Waals surface area contributed by atoms with Crippen LogP contribution in [0.4, 0.5) is 0 Å². The molecule has 0 bridgehead atoms. The lowest BCUT2D eigenvalue weighted by Crippen LogP contribution is -2.46. The average molecular weight is 760 g/mol. The first-order valence-corrected chi connectivity index (χ1v) is 23.2. The van der Waals surface area contributed by atoms with E-state index in [0.29, 0.717) is 19.3 Å². The van der Waals surface area contributed by atoms with E-state index in [-0.39, 0.29) is 24.9 Å². The summed E-state index contributed by atoms with van der Waals surface area (Å²) >= 11 is 0. The number of rotatable bonds is 41. The van der Waals surface area contributed by atoms with E-state index in [9.17, 15) is 19.8 Å². The molecule has 0 aromatic carbocycles. The van der Waals surface area contributed by atoms with Gasteiger partial charge in [-0.2, -0.15) is 0 Å². The van der Waals surface area contributed by atoms with E-state index in [4.69, 9.17) is 4.74 Å². The van der Waals surface area contributed by atoms with E-state index >= 15 is 0 Å². The summed E-state index contributed by atoms with van der Waals surface area (Å²) in [4.78, 5) is 26.0. The lowest BCUT2D eigenvalue weighted by molar-refractivity contribution is -0.151. The van der Waals surface area contributed by atoms with Crippen LogP contribution < -0.4 is 5.32 Å². The maximum Gasteiger partial charge on any atom is 0.306 e. The molecule has 6 heteroatoms. The Morgan fingerprint density at radius 1 is 0.556 bits per heavy atom. The molecule has 0 aromatic rings. The summed E-state index contributed by atoms with van der Waals surface area (Å²) in [6, 6.07) is -0.707. The third kappa shape index (κ3) is 37.0. The molecular formula is C48H89NO5. The summed E-state index contributed by atoms with van der Waals surface area (Å²) in [7, 11) is 0. The standard InChI is InChI=1S/C48H89NO5/c1-4-7-10-13-16-19-21-22-23-24-26-29-32-35-38-41-48(53)54-44(39-36-33-30-28-25-20-17-14-11-8-5-2)42-47(52)49-45(43-50)46(51)40-37-34-31-27-18-15-12-9-6-3/h8,11,14,17,20,25,44-46,50-51H,4-7,9-10,12-13,15-16,18-19,21-24,26-43H2,1-3H3,(H,49,52)/b11-8+,17-14+,25-20-. The van der Waals surface area contributed by atoms with Crippen LogP contribution in [0, 0.1) is 0 Å². The number of unbranched alkanes of at least 4 members (excludes halogenated alkanes) is 25. The van der Waals surface area contributed by atoms with Crippen LogP contribution in [0.1, 0.15) is 233 Å². The van der Waals surface area contributed by atoms with Gasteiger partial charge in [0.2, 0.25) is 5.91 Å². The molecule has 0 radical (unpaired) electrons. The second-order valence-corrected chi connectivity index (χ2v) is 15.8. The van der Waals surface area contributed by atoms with Crippen LogP contribution in [0.5, 0.6) is 0 Å². The van der Waals surface area contributed by atoms with Crippen LogP contribution in [-0.4, -0.2) is 46.9 Å². The van der Waals surface area contributed by atoms with Gasteiger partial charge >= 0.3 is 5.97 Å². The molecule has 0 saturated carbocycles. The summed E-state index contributed by atoms with van der Waals surface area (Å²) in [5.74, 6) is -0.504. The number of aliphatic hydroxyl groups is 2. The van der Waals surface area contributed by atoms with Crippen molar-refractivity contribution in [1.29, 1.82) is 0 Å². The Kier molecular flexibility index (Phi) is 40.7. The van der Waals surface area contributed by atoms with Gasteiger partial charge in [0.1, 0.15) is 6.10 Å². The molecule has 3 atom stereocenters. The number of carbonyl (C=O) groups excluding carboxylic acids is 2. The van der Waals surface area contributed by atoms with Gasteiger partial charge in [-0.15, -0.1) is 0 Å². The Balaban J connectivity index is 4.57. The summed E-state index contributed by atoms with van der Waals surface area (Å²) in [5.41, 5.74) is 0.